The number of nitrogens with zero attached hydrogens (tertiary/aromatic N) is 3. The third-order valence-corrected chi connectivity index (χ3v) is 3.46. The number of ether oxygens (including phenoxy) is 1. The first-order chi connectivity index (χ1) is 11.4. The van der Waals surface area contributed by atoms with Gasteiger partial charge >= 0.3 is 0 Å². The number of benzene rings is 1. The number of para-hydroxylation sites is 2. The normalized spacial score (nSPS) is 11.0. The van der Waals surface area contributed by atoms with E-state index in [1.54, 1.807) is 10.6 Å². The summed E-state index contributed by atoms with van der Waals surface area (Å²) in [5.41, 5.74) is 3.34. The van der Waals surface area contributed by atoms with Crippen LogP contribution in [0.5, 0.6) is 5.75 Å². The van der Waals surface area contributed by atoms with Crippen LogP contribution in [-0.2, 0) is 0 Å². The van der Waals surface area contributed by atoms with Gasteiger partial charge in [0.25, 0.3) is 5.91 Å². The molecule has 6 nitrogen and oxygen atoms in total. The molecule has 1 N–H and O–H groups in total. The van der Waals surface area contributed by atoms with E-state index in [2.05, 4.69) is 15.4 Å². The van der Waals surface area contributed by atoms with Crippen LogP contribution in [0.2, 0.25) is 0 Å². The zero-order chi connectivity index (χ0) is 17.3. The van der Waals surface area contributed by atoms with E-state index in [1.807, 2.05) is 58.0 Å². The van der Waals surface area contributed by atoms with Crippen LogP contribution in [-0.4, -0.2) is 26.6 Å². The number of fused-ring (bicyclic) bond motifs is 1. The van der Waals surface area contributed by atoms with Crippen molar-refractivity contribution in [3.63, 3.8) is 0 Å². The lowest BCUT2D eigenvalue weighted by atomic mass is 10.2. The van der Waals surface area contributed by atoms with Crippen LogP contribution in [0.3, 0.4) is 0 Å². The van der Waals surface area contributed by atoms with E-state index < -0.39 is 0 Å². The average Bonchev–Trinajstić information content (AvgIpc) is 2.89. The molecule has 0 aliphatic carbocycles. The fourth-order valence-corrected chi connectivity index (χ4v) is 2.47. The minimum atomic E-state index is -0.278. The summed E-state index contributed by atoms with van der Waals surface area (Å²) in [6.07, 6.45) is 0.0227. The number of amides is 1. The van der Waals surface area contributed by atoms with Gasteiger partial charge in [0.1, 0.15) is 11.4 Å². The molecular formula is C18H20N4O2. The number of aromatic nitrogens is 3. The van der Waals surface area contributed by atoms with E-state index in [9.17, 15) is 4.79 Å². The number of nitrogens with one attached hydrogen (secondary N) is 1. The van der Waals surface area contributed by atoms with E-state index in [4.69, 9.17) is 4.74 Å². The molecule has 0 aliphatic rings. The Morgan fingerprint density at radius 3 is 2.71 bits per heavy atom. The van der Waals surface area contributed by atoms with Gasteiger partial charge in [0.2, 0.25) is 0 Å². The number of carbonyl (C=O) groups excluding carboxylic acids is 1. The Balaban J connectivity index is 1.90. The summed E-state index contributed by atoms with van der Waals surface area (Å²) in [7, 11) is 0. The van der Waals surface area contributed by atoms with Crippen LogP contribution in [0, 0.1) is 13.8 Å². The highest BCUT2D eigenvalue weighted by molar-refractivity contribution is 6.04. The maximum absolute atomic E-state index is 12.6. The molecule has 6 heteroatoms. The number of hydrogen-bond acceptors (Lipinski definition) is 4. The third kappa shape index (κ3) is 3.22. The maximum Gasteiger partial charge on any atom is 0.274 e. The summed E-state index contributed by atoms with van der Waals surface area (Å²) in [6.45, 7) is 7.68. The summed E-state index contributed by atoms with van der Waals surface area (Å²) < 4.78 is 7.45. The zero-order valence-electron chi connectivity index (χ0n) is 14.2. The van der Waals surface area contributed by atoms with Gasteiger partial charge in [0.05, 0.1) is 17.5 Å². The van der Waals surface area contributed by atoms with Crippen molar-refractivity contribution in [2.45, 2.75) is 33.8 Å². The van der Waals surface area contributed by atoms with Crippen molar-refractivity contribution in [3.05, 3.63) is 53.5 Å². The lowest BCUT2D eigenvalue weighted by Gasteiger charge is -2.14. The molecule has 0 unspecified atom stereocenters. The van der Waals surface area contributed by atoms with E-state index >= 15 is 0 Å². The number of rotatable bonds is 4. The van der Waals surface area contributed by atoms with E-state index in [0.717, 1.165) is 11.4 Å². The summed E-state index contributed by atoms with van der Waals surface area (Å²) in [5.74, 6) is 0.359. The van der Waals surface area contributed by atoms with Gasteiger partial charge in [-0.1, -0.05) is 12.1 Å². The quantitative estimate of drug-likeness (QED) is 0.799. The molecule has 0 radical (unpaired) electrons. The number of aryl methyl sites for hydroxylation is 2. The fourth-order valence-electron chi connectivity index (χ4n) is 2.47. The molecule has 124 valence electrons. The van der Waals surface area contributed by atoms with Gasteiger partial charge in [0, 0.05) is 11.8 Å². The van der Waals surface area contributed by atoms with Crippen molar-refractivity contribution in [1.82, 2.24) is 14.6 Å². The van der Waals surface area contributed by atoms with Crippen LogP contribution in [0.4, 0.5) is 5.69 Å². The largest absolute Gasteiger partial charge is 0.489 e. The van der Waals surface area contributed by atoms with Crippen LogP contribution in [0.15, 0.2) is 36.4 Å². The Bertz CT molecular complexity index is 899. The molecule has 24 heavy (non-hydrogen) atoms. The van der Waals surface area contributed by atoms with Crippen LogP contribution in [0.1, 0.15) is 35.7 Å². The van der Waals surface area contributed by atoms with Gasteiger partial charge in [-0.15, -0.1) is 0 Å². The highest BCUT2D eigenvalue weighted by Gasteiger charge is 2.14. The zero-order valence-corrected chi connectivity index (χ0v) is 14.2. The molecule has 0 aliphatic heterocycles. The molecule has 1 aromatic carbocycles. The van der Waals surface area contributed by atoms with Crippen molar-refractivity contribution in [1.29, 1.82) is 0 Å². The number of carbonyl (C=O) groups is 1. The molecule has 3 rings (SSSR count). The Morgan fingerprint density at radius 1 is 1.21 bits per heavy atom. The Hall–Kier alpha value is -2.89. The predicted molar refractivity (Wildman–Crippen MR) is 92.6 cm³/mol. The second-order valence-corrected chi connectivity index (χ2v) is 5.96. The SMILES string of the molecule is Cc1cc2nc(C(=O)Nc3ccccc3OC(C)C)cc(C)n2n1. The maximum atomic E-state index is 12.6. The van der Waals surface area contributed by atoms with Crippen molar-refractivity contribution in [2.75, 3.05) is 5.32 Å². The smallest absolute Gasteiger partial charge is 0.274 e. The second-order valence-electron chi connectivity index (χ2n) is 5.96. The summed E-state index contributed by atoms with van der Waals surface area (Å²) >= 11 is 0. The van der Waals surface area contributed by atoms with Crippen LogP contribution < -0.4 is 10.1 Å². The molecule has 0 saturated carbocycles. The lowest BCUT2D eigenvalue weighted by molar-refractivity contribution is 0.102. The molecule has 0 spiro atoms. The summed E-state index contributed by atoms with van der Waals surface area (Å²) in [6, 6.07) is 10.9. The highest BCUT2D eigenvalue weighted by Crippen LogP contribution is 2.25. The van der Waals surface area contributed by atoms with E-state index in [-0.39, 0.29) is 12.0 Å². The molecule has 1 amide bonds. The Kier molecular flexibility index (Phi) is 4.20. The Labute approximate surface area is 140 Å². The van der Waals surface area contributed by atoms with Gasteiger partial charge in [-0.3, -0.25) is 4.79 Å². The summed E-state index contributed by atoms with van der Waals surface area (Å²) in [4.78, 5) is 17.0. The van der Waals surface area contributed by atoms with E-state index in [0.29, 0.717) is 22.8 Å². The molecule has 3 aromatic rings. The average molecular weight is 324 g/mol. The fraction of sp³-hybridized carbons (Fsp3) is 0.278. The van der Waals surface area contributed by atoms with Crippen molar-refractivity contribution in [2.24, 2.45) is 0 Å². The standard InChI is InChI=1S/C18H20N4O2/c1-11(2)24-16-8-6-5-7-14(16)20-18(23)15-10-13(4)22-17(19-15)9-12(3)21-22/h5-11H,1-4H3,(H,20,23). The monoisotopic (exact) mass is 324 g/mol. The van der Waals surface area contributed by atoms with Crippen LogP contribution >= 0.6 is 0 Å². The lowest BCUT2D eigenvalue weighted by Crippen LogP contribution is -2.16. The van der Waals surface area contributed by atoms with Crippen molar-refractivity contribution < 1.29 is 9.53 Å². The van der Waals surface area contributed by atoms with Gasteiger partial charge in [-0.2, -0.15) is 5.10 Å². The van der Waals surface area contributed by atoms with Gasteiger partial charge in [-0.25, -0.2) is 9.50 Å². The first-order valence-corrected chi connectivity index (χ1v) is 7.85. The molecular weight excluding hydrogens is 304 g/mol. The van der Waals surface area contributed by atoms with Gasteiger partial charge < -0.3 is 10.1 Å². The first kappa shape index (κ1) is 16.0. The van der Waals surface area contributed by atoms with Gasteiger partial charge in [0.15, 0.2) is 5.65 Å². The molecule has 2 aromatic heterocycles. The minimum Gasteiger partial charge on any atom is -0.489 e. The first-order valence-electron chi connectivity index (χ1n) is 7.85. The molecule has 0 saturated heterocycles. The highest BCUT2D eigenvalue weighted by atomic mass is 16.5. The minimum absolute atomic E-state index is 0.0227. The van der Waals surface area contributed by atoms with E-state index in [1.165, 1.54) is 0 Å². The third-order valence-electron chi connectivity index (χ3n) is 3.46. The molecule has 0 bridgehead atoms. The molecule has 0 fully saturated rings. The molecule has 0 atom stereocenters. The second kappa shape index (κ2) is 6.31. The predicted octanol–water partition coefficient (Wildman–Crippen LogP) is 3.39. The Morgan fingerprint density at radius 2 is 1.96 bits per heavy atom. The summed E-state index contributed by atoms with van der Waals surface area (Å²) in [5, 5.41) is 7.22. The number of hydrogen-bond donors (Lipinski definition) is 1. The molecule has 2 heterocycles. The van der Waals surface area contributed by atoms with Crippen LogP contribution in [0.25, 0.3) is 5.65 Å². The van der Waals surface area contributed by atoms with Crippen molar-refractivity contribution in [3.8, 4) is 5.75 Å². The number of anilines is 1. The topological polar surface area (TPSA) is 68.5 Å². The van der Waals surface area contributed by atoms with Crippen molar-refractivity contribution >= 4 is 17.2 Å². The van der Waals surface area contributed by atoms with Gasteiger partial charge in [-0.05, 0) is 45.9 Å².